The number of nitriles is 1. The summed E-state index contributed by atoms with van der Waals surface area (Å²) in [5.41, 5.74) is 0.931. The van der Waals surface area contributed by atoms with Crippen LogP contribution in [0.2, 0.25) is 0 Å². The summed E-state index contributed by atoms with van der Waals surface area (Å²) in [4.78, 5) is 32.7. The van der Waals surface area contributed by atoms with Crippen molar-refractivity contribution in [2.45, 2.75) is 90.2 Å². The molecular formula is C30H42FN5O3. The number of piperazine rings is 1. The molecule has 0 saturated carbocycles. The van der Waals surface area contributed by atoms with Crippen LogP contribution in [-0.2, 0) is 9.53 Å². The number of ether oxygens (including phenoxy) is 1. The summed E-state index contributed by atoms with van der Waals surface area (Å²) in [7, 11) is 0. The third kappa shape index (κ3) is 6.22. The second kappa shape index (κ2) is 11.2. The molecule has 8 nitrogen and oxygen atoms in total. The fourth-order valence-corrected chi connectivity index (χ4v) is 6.39. The van der Waals surface area contributed by atoms with E-state index < -0.39 is 17.7 Å². The Bertz CT molecular complexity index is 1120. The van der Waals surface area contributed by atoms with Gasteiger partial charge in [-0.05, 0) is 63.1 Å². The number of hydrogen-bond donors (Lipinski definition) is 1. The summed E-state index contributed by atoms with van der Waals surface area (Å²) in [6.07, 6.45) is 0.898. The maximum absolute atomic E-state index is 13.7. The smallest absolute Gasteiger partial charge is 0.408 e. The van der Waals surface area contributed by atoms with E-state index in [1.54, 1.807) is 12.1 Å². The molecule has 9 heteroatoms. The van der Waals surface area contributed by atoms with E-state index in [9.17, 15) is 19.2 Å². The third-order valence-electron chi connectivity index (χ3n) is 8.00. The highest BCUT2D eigenvalue weighted by molar-refractivity contribution is 5.86. The van der Waals surface area contributed by atoms with Crippen LogP contribution >= 0.6 is 0 Å². The van der Waals surface area contributed by atoms with Gasteiger partial charge in [-0.3, -0.25) is 9.69 Å². The normalized spacial score (nSPS) is 26.6. The molecule has 2 amide bonds. The van der Waals surface area contributed by atoms with E-state index in [2.05, 4.69) is 43.6 Å². The van der Waals surface area contributed by atoms with Crippen LogP contribution in [-0.4, -0.2) is 76.1 Å². The van der Waals surface area contributed by atoms with Gasteiger partial charge in [-0.2, -0.15) is 5.26 Å². The molecule has 3 aliphatic heterocycles. The maximum Gasteiger partial charge on any atom is 0.408 e. The minimum Gasteiger partial charge on any atom is -0.444 e. The molecule has 0 spiro atoms. The number of nitrogens with zero attached hydrogens (tertiary/aromatic N) is 4. The number of rotatable bonds is 8. The van der Waals surface area contributed by atoms with Gasteiger partial charge >= 0.3 is 6.09 Å². The first-order chi connectivity index (χ1) is 18.3. The predicted octanol–water partition coefficient (Wildman–Crippen LogP) is 4.45. The van der Waals surface area contributed by atoms with E-state index in [4.69, 9.17) is 4.74 Å². The second-order valence-corrected chi connectivity index (χ2v) is 12.7. The lowest BCUT2D eigenvalue weighted by Gasteiger charge is -2.42. The average Bonchev–Trinajstić information content (AvgIpc) is 3.51. The first-order valence-electron chi connectivity index (χ1n) is 13.9. The minimum absolute atomic E-state index is 0.0223. The Balaban J connectivity index is 1.52. The number of carbonyl (C=O) groups excluding carboxylic acids is 2. The van der Waals surface area contributed by atoms with Gasteiger partial charge in [0.15, 0.2) is 0 Å². The molecule has 2 bridgehead atoms. The number of hydrogen-bond acceptors (Lipinski definition) is 6. The lowest BCUT2D eigenvalue weighted by atomic mass is 9.93. The summed E-state index contributed by atoms with van der Waals surface area (Å²) < 4.78 is 19.1. The molecule has 39 heavy (non-hydrogen) atoms. The molecule has 4 unspecified atom stereocenters. The Morgan fingerprint density at radius 1 is 1.23 bits per heavy atom. The van der Waals surface area contributed by atoms with Gasteiger partial charge in [0.25, 0.3) is 0 Å². The average molecular weight is 540 g/mol. The SMILES string of the molecule is C=C(C(CN1C[C@@H]2CC1C(=O)N2[C@H](c1ccc(F)cc1)C(C)C)NC(=O)OC(C)(C)C)N1CC(C)CC1C#N. The van der Waals surface area contributed by atoms with Crippen LogP contribution in [0.5, 0.6) is 0 Å². The molecule has 1 aromatic carbocycles. The molecule has 6 atom stereocenters. The predicted molar refractivity (Wildman–Crippen MR) is 147 cm³/mol. The van der Waals surface area contributed by atoms with Crippen molar-refractivity contribution in [2.75, 3.05) is 19.6 Å². The van der Waals surface area contributed by atoms with E-state index in [1.165, 1.54) is 12.1 Å². The highest BCUT2D eigenvalue weighted by Crippen LogP contribution is 2.41. The molecular weight excluding hydrogens is 497 g/mol. The van der Waals surface area contributed by atoms with Crippen molar-refractivity contribution in [1.82, 2.24) is 20.0 Å². The largest absolute Gasteiger partial charge is 0.444 e. The fourth-order valence-electron chi connectivity index (χ4n) is 6.39. The van der Waals surface area contributed by atoms with Crippen LogP contribution in [0.25, 0.3) is 0 Å². The van der Waals surface area contributed by atoms with Gasteiger partial charge in [-0.1, -0.05) is 39.5 Å². The van der Waals surface area contributed by atoms with Crippen LogP contribution in [0.15, 0.2) is 36.5 Å². The quantitative estimate of drug-likeness (QED) is 0.525. The van der Waals surface area contributed by atoms with Crippen LogP contribution in [0.3, 0.4) is 0 Å². The van der Waals surface area contributed by atoms with E-state index in [1.807, 2.05) is 30.6 Å². The monoisotopic (exact) mass is 539 g/mol. The Labute approximate surface area is 231 Å². The number of likely N-dealkylation sites (tertiary alicyclic amines) is 3. The number of fused-ring (bicyclic) bond motifs is 2. The van der Waals surface area contributed by atoms with Crippen LogP contribution in [0.1, 0.15) is 66.0 Å². The highest BCUT2D eigenvalue weighted by atomic mass is 19.1. The summed E-state index contributed by atoms with van der Waals surface area (Å²) in [6.45, 7) is 17.8. The molecule has 4 rings (SSSR count). The summed E-state index contributed by atoms with van der Waals surface area (Å²) in [5, 5.41) is 12.7. The Morgan fingerprint density at radius 3 is 2.46 bits per heavy atom. The molecule has 212 valence electrons. The third-order valence-corrected chi connectivity index (χ3v) is 8.00. The van der Waals surface area contributed by atoms with Crippen molar-refractivity contribution in [3.05, 3.63) is 47.9 Å². The zero-order valence-corrected chi connectivity index (χ0v) is 24.0. The maximum atomic E-state index is 13.7. The van der Waals surface area contributed by atoms with Crippen molar-refractivity contribution < 1.29 is 18.7 Å². The zero-order chi connectivity index (χ0) is 28.6. The van der Waals surface area contributed by atoms with Gasteiger partial charge in [-0.25, -0.2) is 9.18 Å². The molecule has 0 aromatic heterocycles. The topological polar surface area (TPSA) is 88.9 Å². The molecule has 3 aliphatic rings. The zero-order valence-electron chi connectivity index (χ0n) is 24.0. The van der Waals surface area contributed by atoms with E-state index in [-0.39, 0.29) is 41.8 Å². The van der Waals surface area contributed by atoms with Crippen molar-refractivity contribution >= 4 is 12.0 Å². The molecule has 3 heterocycles. The lowest BCUT2D eigenvalue weighted by Crippen LogP contribution is -2.56. The van der Waals surface area contributed by atoms with E-state index >= 15 is 0 Å². The highest BCUT2D eigenvalue weighted by Gasteiger charge is 2.53. The fraction of sp³-hybridized carbons (Fsp3) is 0.633. The van der Waals surface area contributed by atoms with Gasteiger partial charge in [-0.15, -0.1) is 0 Å². The Hall–Kier alpha value is -3.12. The first kappa shape index (κ1) is 28.9. The summed E-state index contributed by atoms with van der Waals surface area (Å²) in [5.74, 6) is 0.261. The molecule has 1 N–H and O–H groups in total. The standard InChI is InChI=1S/C30H42FN5O3/c1-18(2)27(21-8-10-22(31)11-9-21)36-24-13-26(28(36)37)34(16-24)17-25(33-29(38)39-30(5,6)7)20(4)35-15-19(3)12-23(35)14-32/h8-11,18-19,23-27H,4,12-13,15-17H2,1-3,5-7H3,(H,33,38)/t19?,23?,24-,25?,26?,27-/m0/s1. The van der Waals surface area contributed by atoms with Crippen LogP contribution in [0.4, 0.5) is 9.18 Å². The molecule has 3 saturated heterocycles. The van der Waals surface area contributed by atoms with Crippen LogP contribution < -0.4 is 5.32 Å². The lowest BCUT2D eigenvalue weighted by molar-refractivity contribution is -0.140. The first-order valence-corrected chi connectivity index (χ1v) is 13.9. The molecule has 1 aromatic rings. The number of amides is 2. The minimum atomic E-state index is -0.664. The van der Waals surface area contributed by atoms with E-state index in [0.29, 0.717) is 37.7 Å². The number of halogens is 1. The van der Waals surface area contributed by atoms with Crippen LogP contribution in [0, 0.1) is 29.0 Å². The Kier molecular flexibility index (Phi) is 8.27. The van der Waals surface area contributed by atoms with Crippen molar-refractivity contribution in [1.29, 1.82) is 5.26 Å². The Morgan fingerprint density at radius 2 is 1.90 bits per heavy atom. The van der Waals surface area contributed by atoms with Gasteiger partial charge in [0.05, 0.1) is 24.2 Å². The molecule has 0 radical (unpaired) electrons. The van der Waals surface area contributed by atoms with Gasteiger partial charge in [0, 0.05) is 31.4 Å². The summed E-state index contributed by atoms with van der Waals surface area (Å²) >= 11 is 0. The number of benzene rings is 1. The van der Waals surface area contributed by atoms with Crippen molar-refractivity contribution in [3.8, 4) is 6.07 Å². The van der Waals surface area contributed by atoms with Gasteiger partial charge < -0.3 is 19.9 Å². The van der Waals surface area contributed by atoms with Crippen molar-refractivity contribution in [2.24, 2.45) is 11.8 Å². The molecule has 3 fully saturated rings. The number of alkyl carbamates (subject to hydrolysis) is 1. The van der Waals surface area contributed by atoms with E-state index in [0.717, 1.165) is 12.0 Å². The second-order valence-electron chi connectivity index (χ2n) is 12.7. The summed E-state index contributed by atoms with van der Waals surface area (Å²) in [6, 6.07) is 7.56. The number of carbonyl (C=O) groups is 2. The molecule has 0 aliphatic carbocycles. The van der Waals surface area contributed by atoms with Crippen molar-refractivity contribution in [3.63, 3.8) is 0 Å². The van der Waals surface area contributed by atoms with Gasteiger partial charge in [0.1, 0.15) is 17.5 Å². The number of nitrogens with one attached hydrogen (secondary N) is 1. The van der Waals surface area contributed by atoms with Gasteiger partial charge in [0.2, 0.25) is 5.91 Å².